The lowest BCUT2D eigenvalue weighted by Crippen LogP contribution is -2.26. The number of amides is 1. The second kappa shape index (κ2) is 8.14. The molecule has 1 amide bonds. The van der Waals surface area contributed by atoms with Crippen molar-refractivity contribution < 1.29 is 13.2 Å². The number of nitrogens with zero attached hydrogens (tertiary/aromatic N) is 4. The maximum absolute atomic E-state index is 12.8. The van der Waals surface area contributed by atoms with E-state index in [0.717, 1.165) is 15.4 Å². The van der Waals surface area contributed by atoms with Gasteiger partial charge < -0.3 is 5.32 Å². The van der Waals surface area contributed by atoms with Gasteiger partial charge in [0.2, 0.25) is 10.0 Å². The summed E-state index contributed by atoms with van der Waals surface area (Å²) in [6, 6.07) is 8.54. The zero-order valence-corrected chi connectivity index (χ0v) is 17.6. The van der Waals surface area contributed by atoms with Gasteiger partial charge in [-0.1, -0.05) is 6.07 Å². The van der Waals surface area contributed by atoms with Gasteiger partial charge in [0.25, 0.3) is 5.91 Å². The minimum atomic E-state index is -3.66. The van der Waals surface area contributed by atoms with Crippen molar-refractivity contribution in [1.29, 1.82) is 0 Å². The Hall–Kier alpha value is -3.04. The van der Waals surface area contributed by atoms with E-state index in [1.807, 2.05) is 6.07 Å². The van der Waals surface area contributed by atoms with Crippen LogP contribution in [0.5, 0.6) is 0 Å². The lowest BCUT2D eigenvalue weighted by Gasteiger charge is -2.17. The van der Waals surface area contributed by atoms with Gasteiger partial charge in [0.15, 0.2) is 5.82 Å². The molecule has 8 nitrogen and oxygen atoms in total. The van der Waals surface area contributed by atoms with Gasteiger partial charge in [-0.05, 0) is 49.2 Å². The smallest absolute Gasteiger partial charge is 0.251 e. The monoisotopic (exact) mass is 413 g/mol. The molecule has 2 heterocycles. The maximum atomic E-state index is 12.8. The number of rotatable bonds is 6. The number of aromatic nitrogens is 3. The normalized spacial score (nSPS) is 11.6. The molecule has 3 rings (SSSR count). The average molecular weight is 414 g/mol. The third kappa shape index (κ3) is 4.20. The molecule has 1 aromatic carbocycles. The van der Waals surface area contributed by atoms with Crippen LogP contribution in [-0.4, -0.2) is 47.5 Å². The molecular formula is C20H23N5O3S. The number of hydrogen-bond donors (Lipinski definition) is 1. The van der Waals surface area contributed by atoms with E-state index < -0.39 is 10.0 Å². The van der Waals surface area contributed by atoms with Crippen LogP contribution < -0.4 is 5.32 Å². The molecule has 0 bridgehead atoms. The highest BCUT2D eigenvalue weighted by molar-refractivity contribution is 7.89. The van der Waals surface area contributed by atoms with Crippen LogP contribution in [0.3, 0.4) is 0 Å². The second-order valence-corrected chi connectivity index (χ2v) is 8.94. The summed E-state index contributed by atoms with van der Waals surface area (Å²) in [5, 5.41) is 7.02. The van der Waals surface area contributed by atoms with Crippen LogP contribution in [0, 0.1) is 13.8 Å². The molecule has 0 aliphatic rings. The van der Waals surface area contributed by atoms with Crippen molar-refractivity contribution in [3.8, 4) is 5.82 Å². The second-order valence-electron chi connectivity index (χ2n) is 6.82. The van der Waals surface area contributed by atoms with Crippen molar-refractivity contribution >= 4 is 15.9 Å². The van der Waals surface area contributed by atoms with E-state index in [0.29, 0.717) is 11.4 Å². The fraction of sp³-hybridized carbons (Fsp3) is 0.250. The molecule has 3 aromatic rings. The summed E-state index contributed by atoms with van der Waals surface area (Å²) in [6.45, 7) is 3.75. The van der Waals surface area contributed by atoms with Crippen LogP contribution >= 0.6 is 0 Å². The van der Waals surface area contributed by atoms with Gasteiger partial charge in [-0.15, -0.1) is 0 Å². The highest BCUT2D eigenvalue weighted by Crippen LogP contribution is 2.23. The molecule has 0 saturated heterocycles. The summed E-state index contributed by atoms with van der Waals surface area (Å²) >= 11 is 0. The molecule has 9 heteroatoms. The lowest BCUT2D eigenvalue weighted by molar-refractivity contribution is 0.0950. The number of nitrogens with one attached hydrogen (secondary N) is 1. The predicted molar refractivity (Wildman–Crippen MR) is 109 cm³/mol. The summed E-state index contributed by atoms with van der Waals surface area (Å²) in [7, 11) is -0.721. The molecule has 0 fully saturated rings. The highest BCUT2D eigenvalue weighted by Gasteiger charge is 2.23. The van der Waals surface area contributed by atoms with Crippen LogP contribution in [0.2, 0.25) is 0 Å². The van der Waals surface area contributed by atoms with Crippen LogP contribution in [-0.2, 0) is 16.6 Å². The molecule has 29 heavy (non-hydrogen) atoms. The largest absolute Gasteiger partial charge is 0.348 e. The molecule has 2 aromatic heterocycles. The summed E-state index contributed by atoms with van der Waals surface area (Å²) in [5.74, 6) is 0.257. The fourth-order valence-corrected chi connectivity index (χ4v) is 4.09. The standard InChI is InChI=1S/C20H23N5O3S/c1-14-11-17(12-18(15(14)2)29(27,28)24(3)4)20(26)22-13-16-7-5-8-21-19(16)25-10-6-9-23-25/h5-12H,13H2,1-4H3,(H,22,26). The lowest BCUT2D eigenvalue weighted by atomic mass is 10.1. The summed E-state index contributed by atoms with van der Waals surface area (Å²) in [5.41, 5.74) is 2.44. The third-order valence-electron chi connectivity index (χ3n) is 4.67. The zero-order valence-electron chi connectivity index (χ0n) is 16.7. The van der Waals surface area contributed by atoms with E-state index in [4.69, 9.17) is 0 Å². The van der Waals surface area contributed by atoms with E-state index in [2.05, 4.69) is 15.4 Å². The Bertz CT molecular complexity index is 1140. The van der Waals surface area contributed by atoms with Gasteiger partial charge >= 0.3 is 0 Å². The molecule has 0 unspecified atom stereocenters. The van der Waals surface area contributed by atoms with E-state index in [-0.39, 0.29) is 22.9 Å². The molecule has 1 N–H and O–H groups in total. The van der Waals surface area contributed by atoms with Crippen LogP contribution in [0.4, 0.5) is 0 Å². The average Bonchev–Trinajstić information content (AvgIpc) is 3.22. The van der Waals surface area contributed by atoms with E-state index >= 15 is 0 Å². The molecule has 0 spiro atoms. The van der Waals surface area contributed by atoms with Crippen LogP contribution in [0.1, 0.15) is 27.0 Å². The highest BCUT2D eigenvalue weighted by atomic mass is 32.2. The first kappa shape index (κ1) is 20.7. The molecule has 0 aliphatic heterocycles. The first-order chi connectivity index (χ1) is 13.7. The molecule has 0 atom stereocenters. The zero-order chi connectivity index (χ0) is 21.2. The molecule has 0 radical (unpaired) electrons. The Morgan fingerprint density at radius 2 is 1.93 bits per heavy atom. The Kier molecular flexibility index (Phi) is 5.81. The van der Waals surface area contributed by atoms with Gasteiger partial charge in [0.05, 0.1) is 4.90 Å². The number of hydrogen-bond acceptors (Lipinski definition) is 5. The number of aryl methyl sites for hydroxylation is 1. The number of sulfonamides is 1. The Balaban J connectivity index is 1.87. The van der Waals surface area contributed by atoms with Crippen molar-refractivity contribution in [2.75, 3.05) is 14.1 Å². The number of benzene rings is 1. The molecule has 0 aliphatic carbocycles. The van der Waals surface area contributed by atoms with Crippen LogP contribution in [0.15, 0.2) is 53.8 Å². The SMILES string of the molecule is Cc1cc(C(=O)NCc2cccnc2-n2cccn2)cc(S(=O)(=O)N(C)C)c1C. The van der Waals surface area contributed by atoms with E-state index in [9.17, 15) is 13.2 Å². The van der Waals surface area contributed by atoms with Crippen molar-refractivity contribution in [2.24, 2.45) is 0 Å². The fourth-order valence-electron chi connectivity index (χ4n) is 2.87. The predicted octanol–water partition coefficient (Wildman–Crippen LogP) is 2.06. The van der Waals surface area contributed by atoms with Gasteiger partial charge in [-0.3, -0.25) is 4.79 Å². The molecule has 152 valence electrons. The Labute approximate surface area is 170 Å². The van der Waals surface area contributed by atoms with Crippen molar-refractivity contribution in [1.82, 2.24) is 24.4 Å². The number of carbonyl (C=O) groups excluding carboxylic acids is 1. The van der Waals surface area contributed by atoms with Crippen molar-refractivity contribution in [2.45, 2.75) is 25.3 Å². The third-order valence-corrected chi connectivity index (χ3v) is 6.61. The molecular weight excluding hydrogens is 390 g/mol. The van der Waals surface area contributed by atoms with Gasteiger partial charge in [0.1, 0.15) is 0 Å². The first-order valence-corrected chi connectivity index (χ1v) is 10.4. The summed E-state index contributed by atoms with van der Waals surface area (Å²) < 4.78 is 28.0. The van der Waals surface area contributed by atoms with E-state index in [1.165, 1.54) is 20.2 Å². The topological polar surface area (TPSA) is 97.2 Å². The summed E-state index contributed by atoms with van der Waals surface area (Å²) in [4.78, 5) is 17.2. The first-order valence-electron chi connectivity index (χ1n) is 8.97. The van der Waals surface area contributed by atoms with Crippen molar-refractivity contribution in [3.05, 3.63) is 71.2 Å². The maximum Gasteiger partial charge on any atom is 0.251 e. The molecule has 0 saturated carbocycles. The Morgan fingerprint density at radius 1 is 1.17 bits per heavy atom. The van der Waals surface area contributed by atoms with Crippen molar-refractivity contribution in [3.63, 3.8) is 0 Å². The van der Waals surface area contributed by atoms with E-state index in [1.54, 1.807) is 55.3 Å². The minimum absolute atomic E-state index is 0.131. The number of pyridine rings is 1. The quantitative estimate of drug-likeness (QED) is 0.667. The Morgan fingerprint density at radius 3 is 2.59 bits per heavy atom. The minimum Gasteiger partial charge on any atom is -0.348 e. The van der Waals surface area contributed by atoms with Crippen LogP contribution in [0.25, 0.3) is 5.82 Å². The van der Waals surface area contributed by atoms with Gasteiger partial charge in [0, 0.05) is 50.4 Å². The van der Waals surface area contributed by atoms with Gasteiger partial charge in [-0.2, -0.15) is 5.10 Å². The summed E-state index contributed by atoms with van der Waals surface area (Å²) in [6.07, 6.45) is 5.08. The van der Waals surface area contributed by atoms with Gasteiger partial charge in [-0.25, -0.2) is 22.4 Å². The number of carbonyl (C=O) groups is 1.